The van der Waals surface area contributed by atoms with E-state index in [1.165, 1.54) is 77.1 Å². The maximum atomic E-state index is 4.63. The zero-order valence-electron chi connectivity index (χ0n) is 27.1. The van der Waals surface area contributed by atoms with E-state index >= 15 is 0 Å². The van der Waals surface area contributed by atoms with Gasteiger partial charge in [0.2, 0.25) is 0 Å². The Balaban J connectivity index is 1.18. The van der Waals surface area contributed by atoms with Crippen molar-refractivity contribution in [2.75, 3.05) is 0 Å². The number of para-hydroxylation sites is 2. The second kappa shape index (κ2) is 10.4. The van der Waals surface area contributed by atoms with Crippen LogP contribution >= 0.6 is 0 Å². The Labute approximate surface area is 288 Å². The number of pyridine rings is 1. The first-order valence-electron chi connectivity index (χ1n) is 17.1. The second-order valence-electron chi connectivity index (χ2n) is 13.2. The van der Waals surface area contributed by atoms with Crippen molar-refractivity contribution in [2.24, 2.45) is 0 Å². The molecule has 50 heavy (non-hydrogen) atoms. The van der Waals surface area contributed by atoms with E-state index in [2.05, 4.69) is 178 Å². The highest BCUT2D eigenvalue weighted by Crippen LogP contribution is 2.48. The number of rotatable bonds is 2. The first kappa shape index (κ1) is 27.3. The fourth-order valence-electron chi connectivity index (χ4n) is 8.46. The van der Waals surface area contributed by atoms with E-state index in [9.17, 15) is 0 Å². The van der Waals surface area contributed by atoms with Crippen molar-refractivity contribution >= 4 is 43.6 Å². The molecule has 0 bridgehead atoms. The van der Waals surface area contributed by atoms with Gasteiger partial charge in [-0.05, 0) is 93.0 Å². The molecule has 0 radical (unpaired) electrons. The molecule has 11 rings (SSSR count). The van der Waals surface area contributed by atoms with E-state index in [-0.39, 0.29) is 0 Å². The molecular formula is C47H29N3. The molecule has 0 amide bonds. The summed E-state index contributed by atoms with van der Waals surface area (Å²) in [7, 11) is 0. The summed E-state index contributed by atoms with van der Waals surface area (Å²) < 4.78 is 4.78. The summed E-state index contributed by atoms with van der Waals surface area (Å²) in [5, 5.41) is 4.91. The number of aromatic nitrogens is 3. The SMILES string of the molecule is c1ccc2c(c1)-c1ccccc1-c1ccc(-n3c4ccc(-n5c6ccccc6c6ccccc65)cc4c4ccncc43)cc1-c1ccccc1-2. The Kier molecular flexibility index (Phi) is 5.67. The highest BCUT2D eigenvalue weighted by atomic mass is 15.0. The summed E-state index contributed by atoms with van der Waals surface area (Å²) in [4.78, 5) is 4.63. The average Bonchev–Trinajstić information content (AvgIpc) is 3.70. The largest absolute Gasteiger partial charge is 0.309 e. The lowest BCUT2D eigenvalue weighted by molar-refractivity contribution is 1.16. The minimum atomic E-state index is 1.09. The van der Waals surface area contributed by atoms with Crippen LogP contribution in [0.4, 0.5) is 0 Å². The van der Waals surface area contributed by atoms with Crippen LogP contribution in [-0.2, 0) is 0 Å². The van der Waals surface area contributed by atoms with Gasteiger partial charge in [0.1, 0.15) is 0 Å². The molecule has 10 aromatic rings. The van der Waals surface area contributed by atoms with Gasteiger partial charge in [0.15, 0.2) is 0 Å². The molecule has 232 valence electrons. The molecule has 0 atom stereocenters. The van der Waals surface area contributed by atoms with Gasteiger partial charge in [0.25, 0.3) is 0 Å². The van der Waals surface area contributed by atoms with Crippen LogP contribution in [0.25, 0.3) is 99.5 Å². The van der Waals surface area contributed by atoms with Crippen LogP contribution in [0.1, 0.15) is 0 Å². The molecule has 0 saturated heterocycles. The van der Waals surface area contributed by atoms with Gasteiger partial charge < -0.3 is 9.13 Å². The van der Waals surface area contributed by atoms with Crippen molar-refractivity contribution in [2.45, 2.75) is 0 Å². The Hall–Kier alpha value is -6.71. The molecule has 1 aliphatic rings. The van der Waals surface area contributed by atoms with E-state index in [1.807, 2.05) is 12.4 Å². The number of benzene rings is 7. The van der Waals surface area contributed by atoms with E-state index in [0.29, 0.717) is 0 Å². The normalized spacial score (nSPS) is 12.0. The van der Waals surface area contributed by atoms with Crippen LogP contribution in [0.5, 0.6) is 0 Å². The number of hydrogen-bond acceptors (Lipinski definition) is 1. The van der Waals surface area contributed by atoms with E-state index in [0.717, 1.165) is 22.4 Å². The quantitative estimate of drug-likeness (QED) is 0.185. The Morgan fingerprint density at radius 1 is 0.300 bits per heavy atom. The van der Waals surface area contributed by atoms with Crippen LogP contribution in [0.3, 0.4) is 0 Å². The number of hydrogen-bond donors (Lipinski definition) is 0. The Morgan fingerprint density at radius 3 is 1.32 bits per heavy atom. The van der Waals surface area contributed by atoms with Gasteiger partial charge in [0, 0.05) is 39.1 Å². The summed E-state index contributed by atoms with van der Waals surface area (Å²) >= 11 is 0. The lowest BCUT2D eigenvalue weighted by Crippen LogP contribution is -2.00. The highest BCUT2D eigenvalue weighted by molar-refractivity contribution is 6.12. The molecule has 0 saturated carbocycles. The lowest BCUT2D eigenvalue weighted by Gasteiger charge is -2.23. The smallest absolute Gasteiger partial charge is 0.0724 e. The zero-order valence-corrected chi connectivity index (χ0v) is 27.1. The summed E-state index contributed by atoms with van der Waals surface area (Å²) in [6.07, 6.45) is 3.91. The fourth-order valence-corrected chi connectivity index (χ4v) is 8.46. The molecule has 3 nitrogen and oxygen atoms in total. The van der Waals surface area contributed by atoms with Crippen LogP contribution in [-0.4, -0.2) is 14.1 Å². The molecule has 1 aliphatic carbocycles. The van der Waals surface area contributed by atoms with Crippen LogP contribution in [0, 0.1) is 0 Å². The third-order valence-electron chi connectivity index (χ3n) is 10.6. The van der Waals surface area contributed by atoms with Gasteiger partial charge in [-0.15, -0.1) is 0 Å². The summed E-state index contributed by atoms with van der Waals surface area (Å²) in [6, 6.07) is 59.9. The maximum absolute atomic E-state index is 4.63. The Bertz CT molecular complexity index is 2940. The van der Waals surface area contributed by atoms with Crippen molar-refractivity contribution in [3.05, 3.63) is 176 Å². The topological polar surface area (TPSA) is 22.8 Å². The van der Waals surface area contributed by atoms with E-state index in [4.69, 9.17) is 0 Å². The number of nitrogens with zero attached hydrogens (tertiary/aromatic N) is 3. The summed E-state index contributed by atoms with van der Waals surface area (Å²) in [5.74, 6) is 0. The van der Waals surface area contributed by atoms with Gasteiger partial charge in [-0.2, -0.15) is 0 Å². The van der Waals surface area contributed by atoms with Gasteiger partial charge >= 0.3 is 0 Å². The lowest BCUT2D eigenvalue weighted by atomic mass is 9.81. The molecule has 3 heterocycles. The standard InChI is InChI=1S/C47H29N3/c1-2-12-33-32(11-1)34-13-3-4-15-36(34)38-23-21-30(27-42(38)37-16-6-5-14-35(33)37)50-46-24-22-31(28-43(46)41-25-26-48-29-47(41)50)49-44-19-9-7-17-39(44)40-18-8-10-20-45(40)49/h1-29H. The van der Waals surface area contributed by atoms with Gasteiger partial charge in [-0.3, -0.25) is 4.98 Å². The zero-order chi connectivity index (χ0) is 32.8. The van der Waals surface area contributed by atoms with Gasteiger partial charge in [0.05, 0.1) is 28.3 Å². The van der Waals surface area contributed by atoms with Crippen LogP contribution in [0.15, 0.2) is 176 Å². The predicted molar refractivity (Wildman–Crippen MR) is 208 cm³/mol. The monoisotopic (exact) mass is 635 g/mol. The predicted octanol–water partition coefficient (Wildman–Crippen LogP) is 12.3. The van der Waals surface area contributed by atoms with E-state index < -0.39 is 0 Å². The van der Waals surface area contributed by atoms with Gasteiger partial charge in [-0.1, -0.05) is 115 Å². The third-order valence-corrected chi connectivity index (χ3v) is 10.6. The highest BCUT2D eigenvalue weighted by Gasteiger charge is 2.23. The second-order valence-corrected chi connectivity index (χ2v) is 13.2. The molecule has 0 fully saturated rings. The first-order valence-corrected chi connectivity index (χ1v) is 17.1. The third kappa shape index (κ3) is 3.77. The van der Waals surface area contributed by atoms with Crippen molar-refractivity contribution in [1.29, 1.82) is 0 Å². The van der Waals surface area contributed by atoms with Crippen molar-refractivity contribution < 1.29 is 0 Å². The van der Waals surface area contributed by atoms with Gasteiger partial charge in [-0.25, -0.2) is 0 Å². The van der Waals surface area contributed by atoms with Crippen molar-refractivity contribution in [1.82, 2.24) is 14.1 Å². The maximum Gasteiger partial charge on any atom is 0.0724 e. The molecule has 3 heteroatoms. The molecular weight excluding hydrogens is 607 g/mol. The summed E-state index contributed by atoms with van der Waals surface area (Å²) in [6.45, 7) is 0. The molecule has 7 aromatic carbocycles. The van der Waals surface area contributed by atoms with Crippen molar-refractivity contribution in [3.8, 4) is 55.9 Å². The minimum absolute atomic E-state index is 1.09. The summed E-state index contributed by atoms with van der Waals surface area (Å²) in [5.41, 5.74) is 16.9. The van der Waals surface area contributed by atoms with Crippen molar-refractivity contribution in [3.63, 3.8) is 0 Å². The molecule has 0 unspecified atom stereocenters. The fraction of sp³-hybridized carbons (Fsp3) is 0. The molecule has 0 spiro atoms. The van der Waals surface area contributed by atoms with Crippen LogP contribution < -0.4 is 0 Å². The molecule has 0 aliphatic heterocycles. The first-order chi connectivity index (χ1) is 24.8. The minimum Gasteiger partial charge on any atom is -0.309 e. The van der Waals surface area contributed by atoms with E-state index in [1.54, 1.807) is 0 Å². The number of fused-ring (bicyclic) bond motifs is 14. The van der Waals surface area contributed by atoms with Crippen LogP contribution in [0.2, 0.25) is 0 Å². The Morgan fingerprint density at radius 2 is 0.720 bits per heavy atom. The molecule has 0 N–H and O–H groups in total. The average molecular weight is 636 g/mol. The molecule has 3 aromatic heterocycles.